The number of benzene rings is 2. The summed E-state index contributed by atoms with van der Waals surface area (Å²) in [6, 6.07) is 11.5. The third kappa shape index (κ3) is 8.24. The molecular formula is C23H27F2NO5. The summed E-state index contributed by atoms with van der Waals surface area (Å²) in [4.78, 5) is 24.3. The van der Waals surface area contributed by atoms with Crippen molar-refractivity contribution in [2.45, 2.75) is 39.2 Å². The highest BCUT2D eigenvalue weighted by Crippen LogP contribution is 2.29. The Kier molecular flexibility index (Phi) is 9.74. The molecule has 168 valence electrons. The number of halogens is 2. The van der Waals surface area contributed by atoms with Gasteiger partial charge in [-0.05, 0) is 54.8 Å². The fraction of sp³-hybridized carbons (Fsp3) is 0.391. The van der Waals surface area contributed by atoms with Crippen LogP contribution in [0.2, 0.25) is 0 Å². The van der Waals surface area contributed by atoms with Gasteiger partial charge in [0.15, 0.2) is 17.3 Å². The molecule has 0 atom stereocenters. The van der Waals surface area contributed by atoms with Crippen molar-refractivity contribution >= 4 is 11.7 Å². The monoisotopic (exact) mass is 435 g/mol. The maximum Gasteiger partial charge on any atom is 0.387 e. The Bertz CT molecular complexity index is 856. The van der Waals surface area contributed by atoms with Gasteiger partial charge in [0, 0.05) is 24.9 Å². The van der Waals surface area contributed by atoms with Crippen molar-refractivity contribution in [1.82, 2.24) is 5.32 Å². The first-order valence-corrected chi connectivity index (χ1v) is 10.1. The molecule has 0 radical (unpaired) electrons. The largest absolute Gasteiger partial charge is 0.494 e. The summed E-state index contributed by atoms with van der Waals surface area (Å²) >= 11 is 0. The quantitative estimate of drug-likeness (QED) is 0.472. The van der Waals surface area contributed by atoms with Gasteiger partial charge >= 0.3 is 6.61 Å². The van der Waals surface area contributed by atoms with Crippen molar-refractivity contribution in [2.24, 2.45) is 0 Å². The van der Waals surface area contributed by atoms with Crippen LogP contribution in [0, 0.1) is 0 Å². The van der Waals surface area contributed by atoms with Gasteiger partial charge in [-0.2, -0.15) is 8.78 Å². The first-order valence-electron chi connectivity index (χ1n) is 10.1. The average molecular weight is 435 g/mol. The van der Waals surface area contributed by atoms with Gasteiger partial charge in [0.05, 0.1) is 13.7 Å². The third-order valence-corrected chi connectivity index (χ3v) is 4.41. The lowest BCUT2D eigenvalue weighted by molar-refractivity contribution is -0.121. The van der Waals surface area contributed by atoms with Crippen LogP contribution in [0.5, 0.6) is 17.2 Å². The molecule has 0 unspecified atom stereocenters. The molecule has 0 saturated heterocycles. The van der Waals surface area contributed by atoms with Crippen molar-refractivity contribution in [1.29, 1.82) is 0 Å². The number of hydrogen-bond acceptors (Lipinski definition) is 5. The first-order chi connectivity index (χ1) is 14.9. The van der Waals surface area contributed by atoms with Crippen LogP contribution in [0.1, 0.15) is 42.1 Å². The Morgan fingerprint density at radius 1 is 1.03 bits per heavy atom. The van der Waals surface area contributed by atoms with Crippen molar-refractivity contribution in [3.05, 3.63) is 53.6 Å². The number of amides is 1. The number of alkyl halides is 2. The highest BCUT2D eigenvalue weighted by Gasteiger charge is 2.12. The molecule has 0 saturated carbocycles. The SMILES string of the molecule is CCCOc1ccc(C(=O)CCC(=O)NCCc2ccc(OC(F)F)c(OC)c2)cc1. The number of ether oxygens (including phenoxy) is 3. The molecule has 31 heavy (non-hydrogen) atoms. The molecule has 6 nitrogen and oxygen atoms in total. The highest BCUT2D eigenvalue weighted by atomic mass is 19.3. The second-order valence-electron chi connectivity index (χ2n) is 6.76. The molecule has 0 aliphatic carbocycles. The maximum atomic E-state index is 12.4. The number of nitrogens with one attached hydrogen (secondary N) is 1. The van der Waals surface area contributed by atoms with Crippen molar-refractivity contribution in [3.8, 4) is 17.2 Å². The molecule has 0 bridgehead atoms. The topological polar surface area (TPSA) is 73.9 Å². The summed E-state index contributed by atoms with van der Waals surface area (Å²) < 4.78 is 39.7. The minimum Gasteiger partial charge on any atom is -0.494 e. The van der Waals surface area contributed by atoms with E-state index in [1.165, 1.54) is 13.2 Å². The molecule has 2 rings (SSSR count). The van der Waals surface area contributed by atoms with E-state index in [1.807, 2.05) is 6.92 Å². The zero-order chi connectivity index (χ0) is 22.6. The smallest absolute Gasteiger partial charge is 0.387 e. The van der Waals surface area contributed by atoms with E-state index in [9.17, 15) is 18.4 Å². The zero-order valence-electron chi connectivity index (χ0n) is 17.7. The number of Topliss-reactive ketones (excluding diaryl/α,β-unsaturated/α-hetero) is 1. The van der Waals surface area contributed by atoms with Crippen LogP contribution >= 0.6 is 0 Å². The molecule has 0 aliphatic heterocycles. The summed E-state index contributed by atoms with van der Waals surface area (Å²) in [6.45, 7) is 0.0400. The number of methoxy groups -OCH3 is 1. The molecule has 0 aliphatic rings. The fourth-order valence-corrected chi connectivity index (χ4v) is 2.82. The van der Waals surface area contributed by atoms with Crippen molar-refractivity contribution in [2.75, 3.05) is 20.3 Å². The average Bonchev–Trinajstić information content (AvgIpc) is 2.77. The summed E-state index contributed by atoms with van der Waals surface area (Å²) in [7, 11) is 1.36. The van der Waals surface area contributed by atoms with Crippen LogP contribution < -0.4 is 19.5 Å². The number of carbonyl (C=O) groups is 2. The van der Waals surface area contributed by atoms with E-state index in [2.05, 4.69) is 10.1 Å². The van der Waals surface area contributed by atoms with E-state index in [0.717, 1.165) is 12.0 Å². The van der Waals surface area contributed by atoms with Crippen LogP contribution in [-0.4, -0.2) is 38.6 Å². The normalized spacial score (nSPS) is 10.6. The van der Waals surface area contributed by atoms with Gasteiger partial charge in [-0.3, -0.25) is 9.59 Å². The molecule has 0 spiro atoms. The first kappa shape index (κ1) is 24.1. The maximum absolute atomic E-state index is 12.4. The van der Waals surface area contributed by atoms with E-state index >= 15 is 0 Å². The van der Waals surface area contributed by atoms with Crippen molar-refractivity contribution < 1.29 is 32.6 Å². The minimum atomic E-state index is -2.94. The van der Waals surface area contributed by atoms with E-state index in [-0.39, 0.29) is 36.0 Å². The standard InChI is InChI=1S/C23H27F2NO5/c1-3-14-30-18-7-5-17(6-8-18)19(27)9-11-22(28)26-13-12-16-4-10-20(31-23(24)25)21(15-16)29-2/h4-8,10,15,23H,3,9,11-14H2,1-2H3,(H,26,28). The van der Waals surface area contributed by atoms with Crippen molar-refractivity contribution in [3.63, 3.8) is 0 Å². The minimum absolute atomic E-state index is 0.0474. The molecule has 1 amide bonds. The molecule has 2 aromatic carbocycles. The van der Waals surface area contributed by atoms with E-state index in [4.69, 9.17) is 9.47 Å². The second-order valence-corrected chi connectivity index (χ2v) is 6.76. The summed E-state index contributed by atoms with van der Waals surface area (Å²) in [5, 5.41) is 2.75. The Morgan fingerprint density at radius 3 is 2.42 bits per heavy atom. The van der Waals surface area contributed by atoms with Crippen LogP contribution in [0.15, 0.2) is 42.5 Å². The van der Waals surface area contributed by atoms with Gasteiger partial charge in [-0.1, -0.05) is 13.0 Å². The van der Waals surface area contributed by atoms with Gasteiger partial charge in [0.2, 0.25) is 5.91 Å². The molecule has 1 N–H and O–H groups in total. The van der Waals surface area contributed by atoms with Gasteiger partial charge in [0.1, 0.15) is 5.75 Å². The van der Waals surface area contributed by atoms with E-state index in [1.54, 1.807) is 36.4 Å². The van der Waals surface area contributed by atoms with Crippen LogP contribution in [-0.2, 0) is 11.2 Å². The summed E-state index contributed by atoms with van der Waals surface area (Å²) in [5.74, 6) is 0.508. The van der Waals surface area contributed by atoms with Gasteiger partial charge in [0.25, 0.3) is 0 Å². The predicted molar refractivity (Wildman–Crippen MR) is 112 cm³/mol. The number of hydrogen-bond donors (Lipinski definition) is 1. The lowest BCUT2D eigenvalue weighted by Crippen LogP contribution is -2.26. The summed E-state index contributed by atoms with van der Waals surface area (Å²) in [5.41, 5.74) is 1.33. The molecule has 0 heterocycles. The Hall–Kier alpha value is -3.16. The van der Waals surface area contributed by atoms with Gasteiger partial charge in [-0.15, -0.1) is 0 Å². The van der Waals surface area contributed by atoms with Crippen LogP contribution in [0.4, 0.5) is 8.78 Å². The summed E-state index contributed by atoms with van der Waals surface area (Å²) in [6.07, 6.45) is 1.57. The van der Waals surface area contributed by atoms with Gasteiger partial charge < -0.3 is 19.5 Å². The second kappa shape index (κ2) is 12.5. The number of ketones is 1. The number of carbonyl (C=O) groups excluding carboxylic acids is 2. The Morgan fingerprint density at radius 2 is 1.77 bits per heavy atom. The third-order valence-electron chi connectivity index (χ3n) is 4.41. The lowest BCUT2D eigenvalue weighted by Gasteiger charge is -2.11. The molecule has 2 aromatic rings. The Balaban J connectivity index is 1.75. The molecular weight excluding hydrogens is 408 g/mol. The van der Waals surface area contributed by atoms with Crippen LogP contribution in [0.3, 0.4) is 0 Å². The van der Waals surface area contributed by atoms with E-state index < -0.39 is 6.61 Å². The molecule has 0 fully saturated rings. The van der Waals surface area contributed by atoms with E-state index in [0.29, 0.717) is 30.9 Å². The van der Waals surface area contributed by atoms with Crippen LogP contribution in [0.25, 0.3) is 0 Å². The predicted octanol–water partition coefficient (Wildman–Crippen LogP) is 4.41. The van der Waals surface area contributed by atoms with Gasteiger partial charge in [-0.25, -0.2) is 0 Å². The zero-order valence-corrected chi connectivity index (χ0v) is 17.7. The molecule has 0 aromatic heterocycles. The lowest BCUT2D eigenvalue weighted by atomic mass is 10.1. The number of rotatable bonds is 13. The highest BCUT2D eigenvalue weighted by molar-refractivity contribution is 5.98. The fourth-order valence-electron chi connectivity index (χ4n) is 2.82. The molecule has 8 heteroatoms. The Labute approximate surface area is 180 Å².